The summed E-state index contributed by atoms with van der Waals surface area (Å²) in [5.41, 5.74) is 0.640. The lowest BCUT2D eigenvalue weighted by atomic mass is 10.2. The van der Waals surface area contributed by atoms with Crippen LogP contribution in [0.1, 0.15) is 17.3 Å². The highest BCUT2D eigenvalue weighted by atomic mass is 16.1. The standard InChI is InChI=1S/C11H14N2O/c1-4-7-13(3)11-6-5-10(8-12-11)9(2)14/h4-6,8H,1,7H2,2-3H3. The second-order valence-corrected chi connectivity index (χ2v) is 3.13. The largest absolute Gasteiger partial charge is 0.356 e. The highest BCUT2D eigenvalue weighted by Gasteiger charge is 2.02. The summed E-state index contributed by atoms with van der Waals surface area (Å²) in [7, 11) is 1.93. The zero-order valence-corrected chi connectivity index (χ0v) is 8.53. The van der Waals surface area contributed by atoms with Gasteiger partial charge in [0.1, 0.15) is 5.82 Å². The lowest BCUT2D eigenvalue weighted by Crippen LogP contribution is -2.17. The van der Waals surface area contributed by atoms with Crippen LogP contribution in [0.3, 0.4) is 0 Å². The van der Waals surface area contributed by atoms with E-state index in [9.17, 15) is 4.79 Å². The number of nitrogens with zero attached hydrogens (tertiary/aromatic N) is 2. The third-order valence-electron chi connectivity index (χ3n) is 1.95. The number of aromatic nitrogens is 1. The summed E-state index contributed by atoms with van der Waals surface area (Å²) >= 11 is 0. The first-order valence-electron chi connectivity index (χ1n) is 4.44. The van der Waals surface area contributed by atoms with E-state index in [0.717, 1.165) is 12.4 Å². The number of hydrogen-bond donors (Lipinski definition) is 0. The van der Waals surface area contributed by atoms with Gasteiger partial charge in [-0.1, -0.05) is 6.08 Å². The summed E-state index contributed by atoms with van der Waals surface area (Å²) in [6.45, 7) is 5.92. The third kappa shape index (κ3) is 2.42. The number of likely N-dealkylation sites (N-methyl/N-ethyl adjacent to an activating group) is 1. The normalized spacial score (nSPS) is 9.57. The molecule has 0 N–H and O–H groups in total. The highest BCUT2D eigenvalue weighted by molar-refractivity contribution is 5.93. The fourth-order valence-electron chi connectivity index (χ4n) is 1.11. The topological polar surface area (TPSA) is 33.2 Å². The Morgan fingerprint density at radius 2 is 2.36 bits per heavy atom. The van der Waals surface area contributed by atoms with Gasteiger partial charge in [0.15, 0.2) is 5.78 Å². The van der Waals surface area contributed by atoms with Crippen LogP contribution in [0.5, 0.6) is 0 Å². The zero-order valence-electron chi connectivity index (χ0n) is 8.53. The molecule has 1 heterocycles. The van der Waals surface area contributed by atoms with E-state index in [-0.39, 0.29) is 5.78 Å². The van der Waals surface area contributed by atoms with Gasteiger partial charge in [0.05, 0.1) is 0 Å². The first-order valence-corrected chi connectivity index (χ1v) is 4.44. The number of ketones is 1. The van der Waals surface area contributed by atoms with E-state index in [1.807, 2.05) is 18.0 Å². The van der Waals surface area contributed by atoms with Crippen molar-refractivity contribution < 1.29 is 4.79 Å². The quantitative estimate of drug-likeness (QED) is 0.537. The molecule has 1 aromatic heterocycles. The van der Waals surface area contributed by atoms with Crippen molar-refractivity contribution in [3.05, 3.63) is 36.5 Å². The molecule has 0 aliphatic rings. The van der Waals surface area contributed by atoms with Crippen molar-refractivity contribution in [2.24, 2.45) is 0 Å². The van der Waals surface area contributed by atoms with Crippen molar-refractivity contribution in [1.29, 1.82) is 0 Å². The molecule has 0 aromatic carbocycles. The second kappa shape index (κ2) is 4.56. The van der Waals surface area contributed by atoms with Crippen molar-refractivity contribution in [2.75, 3.05) is 18.5 Å². The van der Waals surface area contributed by atoms with Gasteiger partial charge in [0.25, 0.3) is 0 Å². The second-order valence-electron chi connectivity index (χ2n) is 3.13. The highest BCUT2D eigenvalue weighted by Crippen LogP contribution is 2.09. The van der Waals surface area contributed by atoms with Crippen molar-refractivity contribution in [3.8, 4) is 0 Å². The zero-order chi connectivity index (χ0) is 10.6. The minimum absolute atomic E-state index is 0.0374. The van der Waals surface area contributed by atoms with E-state index in [4.69, 9.17) is 0 Å². The summed E-state index contributed by atoms with van der Waals surface area (Å²) in [4.78, 5) is 17.1. The molecule has 0 aliphatic heterocycles. The van der Waals surface area contributed by atoms with E-state index in [1.165, 1.54) is 6.92 Å². The van der Waals surface area contributed by atoms with Crippen LogP contribution in [0.15, 0.2) is 31.0 Å². The smallest absolute Gasteiger partial charge is 0.161 e. The number of anilines is 1. The van der Waals surface area contributed by atoms with Gasteiger partial charge in [0.2, 0.25) is 0 Å². The monoisotopic (exact) mass is 190 g/mol. The molecule has 0 atom stereocenters. The summed E-state index contributed by atoms with van der Waals surface area (Å²) in [5.74, 6) is 0.880. The van der Waals surface area contributed by atoms with Crippen molar-refractivity contribution >= 4 is 11.6 Å². The van der Waals surface area contributed by atoms with Crippen molar-refractivity contribution in [1.82, 2.24) is 4.98 Å². The molecular weight excluding hydrogens is 176 g/mol. The lowest BCUT2D eigenvalue weighted by molar-refractivity contribution is 0.101. The maximum Gasteiger partial charge on any atom is 0.161 e. The molecule has 0 unspecified atom stereocenters. The molecule has 0 bridgehead atoms. The molecule has 0 radical (unpaired) electrons. The van der Waals surface area contributed by atoms with Gasteiger partial charge in [0, 0.05) is 25.4 Å². The third-order valence-corrected chi connectivity index (χ3v) is 1.95. The van der Waals surface area contributed by atoms with Crippen LogP contribution in [0.25, 0.3) is 0 Å². The lowest BCUT2D eigenvalue weighted by Gasteiger charge is -2.15. The Morgan fingerprint density at radius 1 is 1.64 bits per heavy atom. The SMILES string of the molecule is C=CCN(C)c1ccc(C(C)=O)cn1. The van der Waals surface area contributed by atoms with Crippen LogP contribution in [-0.2, 0) is 0 Å². The molecule has 0 fully saturated rings. The molecule has 0 saturated heterocycles. The molecule has 0 spiro atoms. The maximum absolute atomic E-state index is 11.0. The van der Waals surface area contributed by atoms with Crippen LogP contribution in [0.2, 0.25) is 0 Å². The molecule has 14 heavy (non-hydrogen) atoms. The number of pyridine rings is 1. The van der Waals surface area contributed by atoms with Gasteiger partial charge in [-0.3, -0.25) is 4.79 Å². The van der Waals surface area contributed by atoms with Gasteiger partial charge < -0.3 is 4.90 Å². The first-order chi connectivity index (χ1) is 6.65. The van der Waals surface area contributed by atoms with Gasteiger partial charge in [-0.25, -0.2) is 4.98 Å². The number of carbonyl (C=O) groups excluding carboxylic acids is 1. The van der Waals surface area contributed by atoms with Gasteiger partial charge in [-0.15, -0.1) is 6.58 Å². The Kier molecular flexibility index (Phi) is 3.40. The van der Waals surface area contributed by atoms with Gasteiger partial charge in [-0.05, 0) is 19.1 Å². The Morgan fingerprint density at radius 3 is 2.79 bits per heavy atom. The maximum atomic E-state index is 11.0. The van der Waals surface area contributed by atoms with Crippen molar-refractivity contribution in [2.45, 2.75) is 6.92 Å². The number of carbonyl (C=O) groups is 1. The fourth-order valence-corrected chi connectivity index (χ4v) is 1.11. The van der Waals surface area contributed by atoms with Gasteiger partial charge >= 0.3 is 0 Å². The van der Waals surface area contributed by atoms with Crippen LogP contribution in [0, 0.1) is 0 Å². The first kappa shape index (κ1) is 10.4. The number of rotatable bonds is 4. The number of hydrogen-bond acceptors (Lipinski definition) is 3. The van der Waals surface area contributed by atoms with Crippen LogP contribution >= 0.6 is 0 Å². The minimum atomic E-state index is 0.0374. The molecule has 0 aliphatic carbocycles. The Hall–Kier alpha value is -1.64. The summed E-state index contributed by atoms with van der Waals surface area (Å²) in [6, 6.07) is 3.62. The molecule has 1 rings (SSSR count). The van der Waals surface area contributed by atoms with Gasteiger partial charge in [-0.2, -0.15) is 0 Å². The summed E-state index contributed by atoms with van der Waals surface area (Å²) < 4.78 is 0. The fraction of sp³-hybridized carbons (Fsp3) is 0.273. The van der Waals surface area contributed by atoms with Crippen LogP contribution in [0.4, 0.5) is 5.82 Å². The van der Waals surface area contributed by atoms with Crippen LogP contribution in [-0.4, -0.2) is 24.4 Å². The van der Waals surface area contributed by atoms with E-state index in [0.29, 0.717) is 5.56 Å². The van der Waals surface area contributed by atoms with Crippen molar-refractivity contribution in [3.63, 3.8) is 0 Å². The average Bonchev–Trinajstić information content (AvgIpc) is 2.18. The minimum Gasteiger partial charge on any atom is -0.356 e. The Bertz CT molecular complexity index is 330. The molecule has 3 heteroatoms. The molecule has 3 nitrogen and oxygen atoms in total. The molecule has 0 saturated carbocycles. The van der Waals surface area contributed by atoms with Crippen LogP contribution < -0.4 is 4.90 Å². The Labute approximate surface area is 84.1 Å². The number of Topliss-reactive ketones (excluding diaryl/α,β-unsaturated/α-hetero) is 1. The summed E-state index contributed by atoms with van der Waals surface area (Å²) in [6.07, 6.45) is 3.40. The van der Waals surface area contributed by atoms with E-state index < -0.39 is 0 Å². The Balaban J connectivity index is 2.82. The predicted molar refractivity (Wildman–Crippen MR) is 57.7 cm³/mol. The summed E-state index contributed by atoms with van der Waals surface area (Å²) in [5, 5.41) is 0. The molecule has 74 valence electrons. The average molecular weight is 190 g/mol. The predicted octanol–water partition coefficient (Wildman–Crippen LogP) is 1.91. The van der Waals surface area contributed by atoms with E-state index >= 15 is 0 Å². The van der Waals surface area contributed by atoms with E-state index in [1.54, 1.807) is 18.3 Å². The van der Waals surface area contributed by atoms with E-state index in [2.05, 4.69) is 11.6 Å². The molecule has 0 amide bonds. The molecule has 1 aromatic rings. The molecular formula is C11H14N2O.